The molecule has 0 bridgehead atoms. The van der Waals surface area contributed by atoms with Gasteiger partial charge >= 0.3 is 0 Å². The molecule has 0 amide bonds. The Morgan fingerprint density at radius 1 is 1.24 bits per heavy atom. The third-order valence-electron chi connectivity index (χ3n) is 4.14. The standard InChI is InChI=1S/C13H26N2OS/c1-12(15-7-9-17(16)10-8-15)11-14-13-5-3-2-4-6-13/h12-14H,2-11H2,1H3. The molecule has 3 nitrogen and oxygen atoms in total. The Morgan fingerprint density at radius 3 is 2.53 bits per heavy atom. The maximum Gasteiger partial charge on any atom is 0.0363 e. The summed E-state index contributed by atoms with van der Waals surface area (Å²) in [5.41, 5.74) is 0. The number of hydrogen-bond acceptors (Lipinski definition) is 3. The van der Waals surface area contributed by atoms with E-state index in [1.165, 1.54) is 32.1 Å². The van der Waals surface area contributed by atoms with Gasteiger partial charge in [-0.15, -0.1) is 0 Å². The molecule has 17 heavy (non-hydrogen) atoms. The molecule has 1 heterocycles. The van der Waals surface area contributed by atoms with E-state index >= 15 is 0 Å². The summed E-state index contributed by atoms with van der Waals surface area (Å²) in [5, 5.41) is 3.71. The van der Waals surface area contributed by atoms with Crippen LogP contribution in [-0.2, 0) is 10.8 Å². The minimum absolute atomic E-state index is 0.548. The fourth-order valence-corrected chi connectivity index (χ4v) is 3.95. The summed E-state index contributed by atoms with van der Waals surface area (Å²) in [5.74, 6) is 1.74. The molecule has 1 N–H and O–H groups in total. The van der Waals surface area contributed by atoms with Gasteiger partial charge in [-0.05, 0) is 19.8 Å². The fraction of sp³-hybridized carbons (Fsp3) is 1.00. The van der Waals surface area contributed by atoms with Crippen molar-refractivity contribution in [2.24, 2.45) is 0 Å². The van der Waals surface area contributed by atoms with E-state index in [2.05, 4.69) is 17.1 Å². The third-order valence-corrected chi connectivity index (χ3v) is 5.42. The van der Waals surface area contributed by atoms with E-state index in [0.29, 0.717) is 6.04 Å². The first-order valence-electron chi connectivity index (χ1n) is 7.08. The predicted molar refractivity (Wildman–Crippen MR) is 73.8 cm³/mol. The molecule has 0 radical (unpaired) electrons. The highest BCUT2D eigenvalue weighted by atomic mass is 32.2. The zero-order chi connectivity index (χ0) is 12.1. The molecule has 1 unspecified atom stereocenters. The minimum atomic E-state index is -0.548. The van der Waals surface area contributed by atoms with Crippen LogP contribution in [0.2, 0.25) is 0 Å². The Morgan fingerprint density at radius 2 is 1.88 bits per heavy atom. The van der Waals surface area contributed by atoms with Gasteiger partial charge in [-0.1, -0.05) is 19.3 Å². The van der Waals surface area contributed by atoms with E-state index in [-0.39, 0.29) is 0 Å². The molecule has 0 aromatic carbocycles. The van der Waals surface area contributed by atoms with Gasteiger partial charge in [0.2, 0.25) is 0 Å². The Bertz CT molecular complexity index is 244. The molecule has 1 aliphatic carbocycles. The third kappa shape index (κ3) is 4.34. The summed E-state index contributed by atoms with van der Waals surface area (Å²) in [6.07, 6.45) is 6.93. The SMILES string of the molecule is CC(CNC1CCCCC1)N1CCS(=O)CC1. The van der Waals surface area contributed by atoms with Gasteiger partial charge in [-0.2, -0.15) is 0 Å². The highest BCUT2D eigenvalue weighted by molar-refractivity contribution is 7.85. The molecular formula is C13H26N2OS. The molecular weight excluding hydrogens is 232 g/mol. The molecule has 2 aliphatic rings. The van der Waals surface area contributed by atoms with Crippen LogP contribution in [0.15, 0.2) is 0 Å². The maximum absolute atomic E-state index is 11.3. The highest BCUT2D eigenvalue weighted by Gasteiger charge is 2.21. The molecule has 1 atom stereocenters. The van der Waals surface area contributed by atoms with Crippen molar-refractivity contribution in [3.8, 4) is 0 Å². The number of hydrogen-bond donors (Lipinski definition) is 1. The van der Waals surface area contributed by atoms with Gasteiger partial charge < -0.3 is 5.32 Å². The zero-order valence-electron chi connectivity index (χ0n) is 11.0. The van der Waals surface area contributed by atoms with Crippen LogP contribution >= 0.6 is 0 Å². The molecule has 0 aromatic rings. The quantitative estimate of drug-likeness (QED) is 0.826. The maximum atomic E-state index is 11.3. The molecule has 1 saturated carbocycles. The van der Waals surface area contributed by atoms with Crippen molar-refractivity contribution in [2.45, 2.75) is 51.1 Å². The Labute approximate surface area is 108 Å². The summed E-state index contributed by atoms with van der Waals surface area (Å²) in [7, 11) is -0.548. The largest absolute Gasteiger partial charge is 0.312 e. The van der Waals surface area contributed by atoms with Crippen molar-refractivity contribution in [2.75, 3.05) is 31.1 Å². The fourth-order valence-electron chi connectivity index (χ4n) is 2.87. The van der Waals surface area contributed by atoms with Crippen LogP contribution in [0, 0.1) is 0 Å². The first kappa shape index (κ1) is 13.5. The molecule has 100 valence electrons. The summed E-state index contributed by atoms with van der Waals surface area (Å²) in [6.45, 7) is 5.42. The van der Waals surface area contributed by atoms with E-state index in [1.54, 1.807) is 0 Å². The zero-order valence-corrected chi connectivity index (χ0v) is 11.8. The van der Waals surface area contributed by atoms with Crippen molar-refractivity contribution < 1.29 is 4.21 Å². The molecule has 1 aliphatic heterocycles. The normalized spacial score (nSPS) is 27.1. The van der Waals surface area contributed by atoms with Gasteiger partial charge in [-0.3, -0.25) is 9.11 Å². The summed E-state index contributed by atoms with van der Waals surface area (Å²) < 4.78 is 11.3. The Balaban J connectivity index is 1.65. The summed E-state index contributed by atoms with van der Waals surface area (Å²) in [4.78, 5) is 2.48. The second-order valence-electron chi connectivity index (χ2n) is 5.48. The van der Waals surface area contributed by atoms with E-state index in [1.807, 2.05) is 0 Å². The molecule has 0 spiro atoms. The number of rotatable bonds is 4. The van der Waals surface area contributed by atoms with Crippen molar-refractivity contribution in [3.05, 3.63) is 0 Å². The topological polar surface area (TPSA) is 32.3 Å². The first-order valence-corrected chi connectivity index (χ1v) is 8.57. The van der Waals surface area contributed by atoms with Gasteiger partial charge in [0.05, 0.1) is 0 Å². The second kappa shape index (κ2) is 6.86. The lowest BCUT2D eigenvalue weighted by Crippen LogP contribution is -2.48. The van der Waals surface area contributed by atoms with Gasteiger partial charge in [0.1, 0.15) is 0 Å². The van der Waals surface area contributed by atoms with Crippen LogP contribution < -0.4 is 5.32 Å². The predicted octanol–water partition coefficient (Wildman–Crippen LogP) is 1.36. The van der Waals surface area contributed by atoms with Gasteiger partial charge in [0.25, 0.3) is 0 Å². The Hall–Kier alpha value is 0.0700. The van der Waals surface area contributed by atoms with Crippen LogP contribution in [0.25, 0.3) is 0 Å². The minimum Gasteiger partial charge on any atom is -0.312 e. The van der Waals surface area contributed by atoms with Crippen molar-refractivity contribution in [3.63, 3.8) is 0 Å². The van der Waals surface area contributed by atoms with Crippen molar-refractivity contribution in [1.82, 2.24) is 10.2 Å². The van der Waals surface area contributed by atoms with E-state index in [0.717, 1.165) is 37.2 Å². The van der Waals surface area contributed by atoms with Crippen LogP contribution in [-0.4, -0.2) is 52.3 Å². The van der Waals surface area contributed by atoms with Crippen LogP contribution in [0.5, 0.6) is 0 Å². The van der Waals surface area contributed by atoms with Crippen LogP contribution in [0.1, 0.15) is 39.0 Å². The lowest BCUT2D eigenvalue weighted by atomic mass is 9.95. The van der Waals surface area contributed by atoms with Gasteiger partial charge in [-0.25, -0.2) is 0 Å². The average molecular weight is 258 g/mol. The molecule has 0 aromatic heterocycles. The smallest absolute Gasteiger partial charge is 0.0363 e. The Kier molecular flexibility index (Phi) is 5.45. The second-order valence-corrected chi connectivity index (χ2v) is 7.17. The summed E-state index contributed by atoms with van der Waals surface area (Å²) >= 11 is 0. The molecule has 4 heteroatoms. The van der Waals surface area contributed by atoms with E-state index < -0.39 is 10.8 Å². The highest BCUT2D eigenvalue weighted by Crippen LogP contribution is 2.17. The van der Waals surface area contributed by atoms with E-state index in [9.17, 15) is 4.21 Å². The summed E-state index contributed by atoms with van der Waals surface area (Å²) in [6, 6.07) is 1.35. The first-order chi connectivity index (χ1) is 8.25. The van der Waals surface area contributed by atoms with Crippen molar-refractivity contribution in [1.29, 1.82) is 0 Å². The lowest BCUT2D eigenvalue weighted by Gasteiger charge is -2.33. The molecule has 2 rings (SSSR count). The van der Waals surface area contributed by atoms with Crippen LogP contribution in [0.4, 0.5) is 0 Å². The van der Waals surface area contributed by atoms with Crippen molar-refractivity contribution >= 4 is 10.8 Å². The van der Waals surface area contributed by atoms with E-state index in [4.69, 9.17) is 0 Å². The average Bonchev–Trinajstić information content (AvgIpc) is 2.38. The number of nitrogens with zero attached hydrogens (tertiary/aromatic N) is 1. The monoisotopic (exact) mass is 258 g/mol. The van der Waals surface area contributed by atoms with Gasteiger partial charge in [0, 0.05) is 54.0 Å². The molecule has 1 saturated heterocycles. The lowest BCUT2D eigenvalue weighted by molar-refractivity contribution is 0.213. The number of nitrogens with one attached hydrogen (secondary N) is 1. The van der Waals surface area contributed by atoms with Gasteiger partial charge in [0.15, 0.2) is 0 Å². The van der Waals surface area contributed by atoms with Crippen LogP contribution in [0.3, 0.4) is 0 Å². The molecule has 2 fully saturated rings.